The summed E-state index contributed by atoms with van der Waals surface area (Å²) in [5.41, 5.74) is 1.75. The molecule has 4 aromatic rings. The summed E-state index contributed by atoms with van der Waals surface area (Å²) >= 11 is 0. The zero-order chi connectivity index (χ0) is 35.7. The van der Waals surface area contributed by atoms with Gasteiger partial charge in [0.15, 0.2) is 17.6 Å². The first kappa shape index (κ1) is 38.2. The first-order valence-corrected chi connectivity index (χ1v) is 15.4. The summed E-state index contributed by atoms with van der Waals surface area (Å²) < 4.78 is 33.7. The Hall–Kier alpha value is -4.60. The minimum Gasteiger partial charge on any atom is -0.493 e. The van der Waals surface area contributed by atoms with Crippen molar-refractivity contribution in [3.05, 3.63) is 66.7 Å². The van der Waals surface area contributed by atoms with Crippen molar-refractivity contribution in [3.8, 4) is 17.2 Å². The van der Waals surface area contributed by atoms with E-state index in [4.69, 9.17) is 49.3 Å². The van der Waals surface area contributed by atoms with Gasteiger partial charge in [0.1, 0.15) is 32.2 Å². The number of methoxy groups -OCH3 is 1. The lowest BCUT2D eigenvalue weighted by molar-refractivity contribution is -0.493. The number of para-hydroxylation sites is 3. The summed E-state index contributed by atoms with van der Waals surface area (Å²) in [6.45, 7) is -1.95. The topological polar surface area (TPSA) is 214 Å². The van der Waals surface area contributed by atoms with Gasteiger partial charge in [0.05, 0.1) is 62.9 Å². The van der Waals surface area contributed by atoms with Gasteiger partial charge in [0.25, 0.3) is 0 Å². The number of ether oxygens (including phenoxy) is 6. The van der Waals surface area contributed by atoms with Crippen LogP contribution in [0.1, 0.15) is 0 Å². The maximum absolute atomic E-state index is 13.4. The number of benzene rings is 3. The van der Waals surface area contributed by atoms with Gasteiger partial charge >= 0.3 is 5.97 Å². The van der Waals surface area contributed by atoms with E-state index in [-0.39, 0.29) is 52.7 Å². The van der Waals surface area contributed by atoms with Gasteiger partial charge in [-0.25, -0.2) is 14.5 Å². The number of hydrogen-bond donors (Lipinski definition) is 5. The van der Waals surface area contributed by atoms with Crippen molar-refractivity contribution in [2.45, 2.75) is 6.10 Å². The Morgan fingerprint density at radius 2 is 1.36 bits per heavy atom. The summed E-state index contributed by atoms with van der Waals surface area (Å²) in [7, 11) is 1.51. The maximum atomic E-state index is 13.4. The normalized spacial score (nSPS) is 12.1. The Morgan fingerprint density at radius 3 is 2.08 bits per heavy atom. The Kier molecular flexibility index (Phi) is 15.4. The molecule has 0 aliphatic heterocycles. The molecular weight excluding hydrogens is 664 g/mol. The first-order chi connectivity index (χ1) is 24.2. The number of aromatic amines is 1. The summed E-state index contributed by atoms with van der Waals surface area (Å²) in [6.07, 6.45) is -1.01. The van der Waals surface area contributed by atoms with Crippen LogP contribution >= 0.6 is 0 Å². The third kappa shape index (κ3) is 12.1. The van der Waals surface area contributed by atoms with Gasteiger partial charge in [-0.3, -0.25) is 25.6 Å². The lowest BCUT2D eigenvalue weighted by Gasteiger charge is -2.28. The molecule has 4 rings (SSSR count). The molecule has 0 radical (unpaired) electrons. The smallest absolute Gasteiger partial charge is 0.332 e. The average Bonchev–Trinajstić information content (AvgIpc) is 3.49. The second kappa shape index (κ2) is 20.2. The molecule has 0 bridgehead atoms. The van der Waals surface area contributed by atoms with E-state index in [0.29, 0.717) is 17.2 Å². The van der Waals surface area contributed by atoms with Crippen molar-refractivity contribution in [2.75, 3.05) is 73.1 Å². The standard InChI is InChI=1S/C32H40N4O14/c1-43-27-10-4-5-11-28(27)46-14-13-34(30(37)21-44-15-17-48-35(39)40)19-23(50-31(38)22-45-16-18-49-36(41)42)20-47-29-12-6-9-26-32(29)24-7-2-3-8-25(24)33-26/h2-12,23,33,39-42H,13-22H2,1H3. The number of nitrogens with one attached hydrogen (secondary N) is 1. The first-order valence-electron chi connectivity index (χ1n) is 15.4. The van der Waals surface area contributed by atoms with E-state index in [1.807, 2.05) is 36.4 Å². The lowest BCUT2D eigenvalue weighted by Crippen LogP contribution is -2.45. The number of carbonyl (C=O) groups excluding carboxylic acids is 2. The minimum atomic E-state index is -1.01. The number of H-pyrrole nitrogens is 1. The molecule has 3 aromatic carbocycles. The fraction of sp³-hybridized carbons (Fsp3) is 0.375. The van der Waals surface area contributed by atoms with Crippen LogP contribution in [0.4, 0.5) is 0 Å². The highest BCUT2D eigenvalue weighted by molar-refractivity contribution is 6.10. The van der Waals surface area contributed by atoms with Crippen LogP contribution < -0.4 is 14.2 Å². The second-order valence-electron chi connectivity index (χ2n) is 10.4. The zero-order valence-corrected chi connectivity index (χ0v) is 27.2. The molecule has 5 N–H and O–H groups in total. The molecule has 18 nitrogen and oxygen atoms in total. The van der Waals surface area contributed by atoms with Crippen LogP contribution in [0, 0.1) is 0 Å². The Morgan fingerprint density at radius 1 is 0.720 bits per heavy atom. The van der Waals surface area contributed by atoms with Crippen molar-refractivity contribution in [3.63, 3.8) is 0 Å². The predicted octanol–water partition coefficient (Wildman–Crippen LogP) is 2.59. The van der Waals surface area contributed by atoms with E-state index in [1.165, 1.54) is 12.0 Å². The van der Waals surface area contributed by atoms with Crippen LogP contribution in [0.3, 0.4) is 0 Å². The Balaban J connectivity index is 1.49. The molecule has 0 aliphatic carbocycles. The molecular formula is C32H40N4O14. The van der Waals surface area contributed by atoms with E-state index in [0.717, 1.165) is 21.8 Å². The molecule has 1 unspecified atom stereocenters. The van der Waals surface area contributed by atoms with Crippen LogP contribution in [-0.2, 0) is 33.5 Å². The van der Waals surface area contributed by atoms with Gasteiger partial charge in [-0.1, -0.05) is 36.4 Å². The van der Waals surface area contributed by atoms with Crippen molar-refractivity contribution in [2.24, 2.45) is 0 Å². The van der Waals surface area contributed by atoms with Gasteiger partial charge in [0.2, 0.25) is 5.91 Å². The largest absolute Gasteiger partial charge is 0.493 e. The van der Waals surface area contributed by atoms with Gasteiger partial charge in [0, 0.05) is 16.3 Å². The quantitative estimate of drug-likeness (QED) is 0.0426. The fourth-order valence-corrected chi connectivity index (χ4v) is 4.84. The monoisotopic (exact) mass is 704 g/mol. The van der Waals surface area contributed by atoms with Crippen LogP contribution in [0.25, 0.3) is 21.8 Å². The summed E-state index contributed by atoms with van der Waals surface area (Å²) in [5, 5.41) is 35.5. The highest BCUT2D eigenvalue weighted by Crippen LogP contribution is 2.33. The molecule has 0 saturated carbocycles. The highest BCUT2D eigenvalue weighted by Gasteiger charge is 2.24. The van der Waals surface area contributed by atoms with Gasteiger partial charge < -0.3 is 38.3 Å². The van der Waals surface area contributed by atoms with Gasteiger partial charge in [-0.2, -0.15) is 0 Å². The number of aromatic nitrogens is 1. The molecule has 50 heavy (non-hydrogen) atoms. The molecule has 0 aliphatic rings. The van der Waals surface area contributed by atoms with Crippen molar-refractivity contribution < 1.29 is 68.5 Å². The number of fused-ring (bicyclic) bond motifs is 3. The molecule has 1 aromatic heterocycles. The molecule has 1 heterocycles. The number of amides is 1. The number of rotatable bonds is 23. The van der Waals surface area contributed by atoms with E-state index in [1.54, 1.807) is 30.3 Å². The lowest BCUT2D eigenvalue weighted by atomic mass is 10.1. The highest BCUT2D eigenvalue weighted by atomic mass is 17.1. The molecule has 272 valence electrons. The average molecular weight is 705 g/mol. The molecule has 0 spiro atoms. The maximum Gasteiger partial charge on any atom is 0.332 e. The number of hydrogen-bond acceptors (Lipinski definition) is 16. The molecule has 1 atom stereocenters. The van der Waals surface area contributed by atoms with Crippen LogP contribution in [-0.4, -0.2) is 133 Å². The third-order valence-electron chi connectivity index (χ3n) is 6.99. The second-order valence-corrected chi connectivity index (χ2v) is 10.4. The van der Waals surface area contributed by atoms with E-state index in [9.17, 15) is 9.59 Å². The molecule has 18 heteroatoms. The van der Waals surface area contributed by atoms with Crippen LogP contribution in [0.15, 0.2) is 66.7 Å². The number of carbonyl (C=O) groups is 2. The fourth-order valence-electron chi connectivity index (χ4n) is 4.84. The molecule has 1 amide bonds. The van der Waals surface area contributed by atoms with Crippen LogP contribution in [0.2, 0.25) is 0 Å². The van der Waals surface area contributed by atoms with Gasteiger partial charge in [-0.15, -0.1) is 0 Å². The molecule has 0 saturated heterocycles. The van der Waals surface area contributed by atoms with E-state index in [2.05, 4.69) is 14.7 Å². The Labute approximate surface area is 286 Å². The third-order valence-corrected chi connectivity index (χ3v) is 6.99. The zero-order valence-electron chi connectivity index (χ0n) is 27.2. The van der Waals surface area contributed by atoms with E-state index < -0.39 is 42.0 Å². The SMILES string of the molecule is COc1ccccc1OCCN(CC(COc1cccc2[nH]c3ccccc3c12)OC(=O)COCCON(O)O)C(=O)COCCON(O)O. The van der Waals surface area contributed by atoms with E-state index >= 15 is 0 Å². The minimum absolute atomic E-state index is 0.0330. The molecule has 0 fully saturated rings. The van der Waals surface area contributed by atoms with Crippen LogP contribution in [0.5, 0.6) is 17.2 Å². The van der Waals surface area contributed by atoms with Crippen molar-refractivity contribution in [1.29, 1.82) is 0 Å². The summed E-state index contributed by atoms with van der Waals surface area (Å²) in [5.74, 6) is 0.201. The predicted molar refractivity (Wildman–Crippen MR) is 171 cm³/mol. The summed E-state index contributed by atoms with van der Waals surface area (Å²) in [6, 6.07) is 20.3. The summed E-state index contributed by atoms with van der Waals surface area (Å²) in [4.78, 5) is 39.8. The van der Waals surface area contributed by atoms with Crippen molar-refractivity contribution >= 4 is 33.7 Å². The number of nitrogens with zero attached hydrogens (tertiary/aromatic N) is 3. The Bertz CT molecular complexity index is 1640. The van der Waals surface area contributed by atoms with Gasteiger partial charge in [-0.05, 0) is 30.3 Å². The van der Waals surface area contributed by atoms with Crippen molar-refractivity contribution in [1.82, 2.24) is 20.7 Å². The number of esters is 1.